The van der Waals surface area contributed by atoms with Crippen molar-refractivity contribution in [2.75, 3.05) is 26.2 Å². The van der Waals surface area contributed by atoms with Gasteiger partial charge >= 0.3 is 0 Å². The lowest BCUT2D eigenvalue weighted by atomic mass is 10.1. The molecule has 0 aromatic heterocycles. The van der Waals surface area contributed by atoms with Gasteiger partial charge in [-0.05, 0) is 17.7 Å². The topological polar surface area (TPSA) is 12.5 Å². The fourth-order valence-corrected chi connectivity index (χ4v) is 2.19. The van der Waals surface area contributed by atoms with Gasteiger partial charge in [-0.3, -0.25) is 4.90 Å². The summed E-state index contributed by atoms with van der Waals surface area (Å²) in [7, 11) is 0. The highest BCUT2D eigenvalue weighted by Crippen LogP contribution is 2.23. The molecule has 2 rings (SSSR count). The van der Waals surface area contributed by atoms with E-state index >= 15 is 0 Å². The Morgan fingerprint density at radius 3 is 2.88 bits per heavy atom. The van der Waals surface area contributed by atoms with Gasteiger partial charge in [0.2, 0.25) is 0 Å². The van der Waals surface area contributed by atoms with Gasteiger partial charge in [0.25, 0.3) is 0 Å². The standard InChI is InChI=1S/C13H16BrNO/c1-2-7-15-8-9-16-13(10-15)11-3-5-12(14)6-4-11/h2-6,13H,1,7-10H2/t13-/m0/s1. The van der Waals surface area contributed by atoms with Crippen LogP contribution in [0, 0.1) is 0 Å². The molecule has 1 aromatic rings. The summed E-state index contributed by atoms with van der Waals surface area (Å²) in [6.45, 7) is 7.47. The van der Waals surface area contributed by atoms with Crippen molar-refractivity contribution in [3.05, 3.63) is 47.0 Å². The van der Waals surface area contributed by atoms with Crippen molar-refractivity contribution in [2.24, 2.45) is 0 Å². The fraction of sp³-hybridized carbons (Fsp3) is 0.385. The second kappa shape index (κ2) is 5.62. The van der Waals surface area contributed by atoms with E-state index < -0.39 is 0 Å². The number of morpholine rings is 1. The molecule has 0 aliphatic carbocycles. The normalized spacial score (nSPS) is 21.9. The van der Waals surface area contributed by atoms with Crippen molar-refractivity contribution in [3.8, 4) is 0 Å². The first kappa shape index (κ1) is 11.8. The predicted octanol–water partition coefficient (Wildman–Crippen LogP) is 3.01. The zero-order chi connectivity index (χ0) is 11.4. The average Bonchev–Trinajstić information content (AvgIpc) is 2.31. The lowest BCUT2D eigenvalue weighted by Gasteiger charge is -2.32. The van der Waals surface area contributed by atoms with Crippen molar-refractivity contribution in [2.45, 2.75) is 6.10 Å². The van der Waals surface area contributed by atoms with Crippen LogP contribution in [0.5, 0.6) is 0 Å². The quantitative estimate of drug-likeness (QED) is 0.790. The Labute approximate surface area is 105 Å². The summed E-state index contributed by atoms with van der Waals surface area (Å²) in [6.07, 6.45) is 2.14. The monoisotopic (exact) mass is 281 g/mol. The number of benzene rings is 1. The summed E-state index contributed by atoms with van der Waals surface area (Å²) < 4.78 is 6.90. The molecule has 0 N–H and O–H groups in total. The van der Waals surface area contributed by atoms with Crippen LogP contribution >= 0.6 is 15.9 Å². The predicted molar refractivity (Wildman–Crippen MR) is 69.5 cm³/mol. The van der Waals surface area contributed by atoms with Gasteiger partial charge in [0, 0.05) is 24.1 Å². The summed E-state index contributed by atoms with van der Waals surface area (Å²) in [5.41, 5.74) is 1.25. The number of rotatable bonds is 3. The molecule has 1 saturated heterocycles. The van der Waals surface area contributed by atoms with Gasteiger partial charge in [0.15, 0.2) is 0 Å². The first-order valence-corrected chi connectivity index (χ1v) is 6.29. The van der Waals surface area contributed by atoms with Crippen molar-refractivity contribution in [1.82, 2.24) is 4.90 Å². The highest BCUT2D eigenvalue weighted by atomic mass is 79.9. The molecule has 1 atom stereocenters. The van der Waals surface area contributed by atoms with E-state index in [2.05, 4.69) is 51.7 Å². The third-order valence-electron chi connectivity index (χ3n) is 2.78. The lowest BCUT2D eigenvalue weighted by molar-refractivity contribution is -0.0260. The Hall–Kier alpha value is -0.640. The largest absolute Gasteiger partial charge is 0.371 e. The van der Waals surface area contributed by atoms with E-state index in [-0.39, 0.29) is 6.10 Å². The SMILES string of the molecule is C=CCN1CCO[C@H](c2ccc(Br)cc2)C1. The van der Waals surface area contributed by atoms with Crippen molar-refractivity contribution in [3.63, 3.8) is 0 Å². The van der Waals surface area contributed by atoms with E-state index in [4.69, 9.17) is 4.74 Å². The molecule has 2 nitrogen and oxygen atoms in total. The molecule has 1 aliphatic rings. The number of nitrogens with zero attached hydrogens (tertiary/aromatic N) is 1. The zero-order valence-electron chi connectivity index (χ0n) is 9.23. The molecule has 0 amide bonds. The van der Waals surface area contributed by atoms with E-state index in [1.807, 2.05) is 6.08 Å². The van der Waals surface area contributed by atoms with E-state index in [9.17, 15) is 0 Å². The van der Waals surface area contributed by atoms with Gasteiger partial charge < -0.3 is 4.74 Å². The van der Waals surface area contributed by atoms with Crippen molar-refractivity contribution >= 4 is 15.9 Å². The summed E-state index contributed by atoms with van der Waals surface area (Å²) >= 11 is 3.44. The van der Waals surface area contributed by atoms with Crippen LogP contribution in [0.4, 0.5) is 0 Å². The Morgan fingerprint density at radius 2 is 2.19 bits per heavy atom. The van der Waals surface area contributed by atoms with Crippen LogP contribution in [0.15, 0.2) is 41.4 Å². The summed E-state index contributed by atoms with van der Waals surface area (Å²) in [4.78, 5) is 2.36. The number of hydrogen-bond donors (Lipinski definition) is 0. The smallest absolute Gasteiger partial charge is 0.0952 e. The van der Waals surface area contributed by atoms with Gasteiger partial charge in [-0.2, -0.15) is 0 Å². The Bertz CT molecular complexity index is 349. The van der Waals surface area contributed by atoms with E-state index in [0.29, 0.717) is 0 Å². The molecule has 1 heterocycles. The van der Waals surface area contributed by atoms with E-state index in [0.717, 1.165) is 30.7 Å². The van der Waals surface area contributed by atoms with Crippen molar-refractivity contribution in [1.29, 1.82) is 0 Å². The maximum atomic E-state index is 5.79. The van der Waals surface area contributed by atoms with Crippen molar-refractivity contribution < 1.29 is 4.74 Å². The molecule has 3 heteroatoms. The average molecular weight is 282 g/mol. The maximum absolute atomic E-state index is 5.79. The summed E-state index contributed by atoms with van der Waals surface area (Å²) in [5.74, 6) is 0. The molecule has 1 aromatic carbocycles. The van der Waals surface area contributed by atoms with E-state index in [1.54, 1.807) is 0 Å². The molecule has 1 fully saturated rings. The van der Waals surface area contributed by atoms with E-state index in [1.165, 1.54) is 5.56 Å². The number of halogens is 1. The van der Waals surface area contributed by atoms with Crippen LogP contribution in [-0.2, 0) is 4.74 Å². The first-order chi connectivity index (χ1) is 7.79. The summed E-state index contributed by atoms with van der Waals surface area (Å²) in [5, 5.41) is 0. The highest BCUT2D eigenvalue weighted by Gasteiger charge is 2.20. The Balaban J connectivity index is 2.03. The lowest BCUT2D eigenvalue weighted by Crippen LogP contribution is -2.38. The molecule has 86 valence electrons. The third-order valence-corrected chi connectivity index (χ3v) is 3.31. The van der Waals surface area contributed by atoms with Crippen LogP contribution in [0.3, 0.4) is 0 Å². The minimum absolute atomic E-state index is 0.196. The molecule has 16 heavy (non-hydrogen) atoms. The van der Waals surface area contributed by atoms with Crippen LogP contribution < -0.4 is 0 Å². The molecule has 1 aliphatic heterocycles. The van der Waals surface area contributed by atoms with Gasteiger partial charge in [0.1, 0.15) is 0 Å². The minimum Gasteiger partial charge on any atom is -0.371 e. The van der Waals surface area contributed by atoms with Gasteiger partial charge in [-0.1, -0.05) is 34.1 Å². The zero-order valence-corrected chi connectivity index (χ0v) is 10.8. The molecule has 0 bridgehead atoms. The van der Waals surface area contributed by atoms with Gasteiger partial charge in [-0.25, -0.2) is 0 Å². The summed E-state index contributed by atoms with van der Waals surface area (Å²) in [6, 6.07) is 8.36. The molecule has 0 radical (unpaired) electrons. The van der Waals surface area contributed by atoms with Crippen LogP contribution in [0.1, 0.15) is 11.7 Å². The van der Waals surface area contributed by atoms with Crippen LogP contribution in [0.2, 0.25) is 0 Å². The third kappa shape index (κ3) is 2.94. The number of ether oxygens (including phenoxy) is 1. The second-order valence-electron chi connectivity index (χ2n) is 3.96. The molecular weight excluding hydrogens is 266 g/mol. The molecular formula is C13H16BrNO. The number of hydrogen-bond acceptors (Lipinski definition) is 2. The van der Waals surface area contributed by atoms with Gasteiger partial charge in [0.05, 0.1) is 12.7 Å². The van der Waals surface area contributed by atoms with Crippen LogP contribution in [0.25, 0.3) is 0 Å². The Morgan fingerprint density at radius 1 is 1.44 bits per heavy atom. The first-order valence-electron chi connectivity index (χ1n) is 5.50. The second-order valence-corrected chi connectivity index (χ2v) is 4.87. The molecule has 0 spiro atoms. The maximum Gasteiger partial charge on any atom is 0.0952 e. The molecule has 0 saturated carbocycles. The fourth-order valence-electron chi connectivity index (χ4n) is 1.93. The van der Waals surface area contributed by atoms with Gasteiger partial charge in [-0.15, -0.1) is 6.58 Å². The minimum atomic E-state index is 0.196. The molecule has 0 unspecified atom stereocenters. The Kier molecular flexibility index (Phi) is 4.16. The van der Waals surface area contributed by atoms with Crippen LogP contribution in [-0.4, -0.2) is 31.1 Å². The highest BCUT2D eigenvalue weighted by molar-refractivity contribution is 9.10.